The number of benzene rings is 3. The predicted molar refractivity (Wildman–Crippen MR) is 152 cm³/mol. The number of aromatic amines is 1. The molecule has 4 aromatic rings. The topological polar surface area (TPSA) is 123 Å². The number of nitro groups is 1. The summed E-state index contributed by atoms with van der Waals surface area (Å²) >= 11 is 8.07. The Kier molecular flexibility index (Phi) is 6.73. The van der Waals surface area contributed by atoms with E-state index >= 15 is 0 Å². The number of nitro benzene ring substituents is 1. The number of hydrogen-bond acceptors (Lipinski definition) is 8. The lowest BCUT2D eigenvalue weighted by Gasteiger charge is -2.30. The molecule has 1 N–H and O–H groups in total. The summed E-state index contributed by atoms with van der Waals surface area (Å²) in [6.07, 6.45) is 0. The summed E-state index contributed by atoms with van der Waals surface area (Å²) in [6.45, 7) is 2.04. The summed E-state index contributed by atoms with van der Waals surface area (Å²) in [5.41, 5.74) is 2.41. The molecule has 0 bridgehead atoms. The first-order valence-corrected chi connectivity index (χ1v) is 14.3. The number of carbonyl (C=O) groups is 2. The number of hydrogen-bond donors (Lipinski definition) is 1. The lowest BCUT2D eigenvalue weighted by Crippen LogP contribution is -2.32. The maximum atomic E-state index is 14.0. The molecule has 0 saturated carbocycles. The highest BCUT2D eigenvalue weighted by molar-refractivity contribution is 8.00. The lowest BCUT2D eigenvalue weighted by atomic mass is 9.82. The highest BCUT2D eigenvalue weighted by atomic mass is 35.5. The van der Waals surface area contributed by atoms with Crippen LogP contribution >= 0.6 is 34.7 Å². The average Bonchev–Trinajstić information content (AvgIpc) is 3.43. The van der Waals surface area contributed by atoms with E-state index in [1.807, 2.05) is 19.1 Å². The second-order valence-corrected chi connectivity index (χ2v) is 12.1. The van der Waals surface area contributed by atoms with Crippen LogP contribution in [0.3, 0.4) is 0 Å². The van der Waals surface area contributed by atoms with Gasteiger partial charge in [-0.3, -0.25) is 24.5 Å². The van der Waals surface area contributed by atoms with Gasteiger partial charge in [-0.1, -0.05) is 64.5 Å². The van der Waals surface area contributed by atoms with Gasteiger partial charge in [-0.05, 0) is 42.8 Å². The number of aryl methyl sites for hydroxylation is 1. The van der Waals surface area contributed by atoms with Gasteiger partial charge in [-0.25, -0.2) is 4.90 Å². The minimum Gasteiger partial charge on any atom is -0.489 e. The average molecular weight is 594 g/mol. The molecule has 0 aliphatic carbocycles. The summed E-state index contributed by atoms with van der Waals surface area (Å²) in [4.78, 5) is 55.5. The monoisotopic (exact) mass is 593 g/mol. The number of carbonyl (C=O) groups excluding carboxylic acids is 2. The van der Waals surface area contributed by atoms with Crippen LogP contribution in [0.15, 0.2) is 76.6 Å². The van der Waals surface area contributed by atoms with Gasteiger partial charge in [0.2, 0.25) is 11.8 Å². The number of imide groups is 1. The maximum absolute atomic E-state index is 14.0. The second-order valence-electron chi connectivity index (χ2n) is 9.49. The minimum absolute atomic E-state index is 0.135. The van der Waals surface area contributed by atoms with E-state index in [0.717, 1.165) is 34.2 Å². The van der Waals surface area contributed by atoms with Gasteiger partial charge in [0.1, 0.15) is 17.6 Å². The number of thioether (sulfide) groups is 1. The van der Waals surface area contributed by atoms with Crippen LogP contribution in [0.25, 0.3) is 0 Å². The van der Waals surface area contributed by atoms with Crippen LogP contribution in [0.4, 0.5) is 11.4 Å². The van der Waals surface area contributed by atoms with E-state index < -0.39 is 33.8 Å². The van der Waals surface area contributed by atoms with Crippen LogP contribution in [-0.2, 0) is 16.2 Å². The van der Waals surface area contributed by atoms with Crippen molar-refractivity contribution in [3.8, 4) is 5.75 Å². The van der Waals surface area contributed by atoms with Gasteiger partial charge < -0.3 is 9.72 Å². The zero-order valence-corrected chi connectivity index (χ0v) is 23.2. The number of halogens is 1. The minimum atomic E-state index is -0.905. The van der Waals surface area contributed by atoms with Gasteiger partial charge in [0.05, 0.1) is 21.6 Å². The van der Waals surface area contributed by atoms with Crippen molar-refractivity contribution in [3.63, 3.8) is 0 Å². The van der Waals surface area contributed by atoms with Crippen molar-refractivity contribution >= 4 is 57.9 Å². The van der Waals surface area contributed by atoms with Gasteiger partial charge >= 0.3 is 4.87 Å². The number of nitrogens with zero attached hydrogens (tertiary/aromatic N) is 2. The van der Waals surface area contributed by atoms with Crippen LogP contribution < -0.4 is 14.5 Å². The Morgan fingerprint density at radius 1 is 1.02 bits per heavy atom. The van der Waals surface area contributed by atoms with Crippen molar-refractivity contribution in [1.29, 1.82) is 0 Å². The Hall–Kier alpha value is -3.93. The van der Waals surface area contributed by atoms with Crippen LogP contribution in [0.1, 0.15) is 27.5 Å². The Morgan fingerprint density at radius 3 is 2.45 bits per heavy atom. The van der Waals surface area contributed by atoms with E-state index in [-0.39, 0.29) is 17.2 Å². The van der Waals surface area contributed by atoms with Crippen molar-refractivity contribution in [1.82, 2.24) is 4.98 Å². The van der Waals surface area contributed by atoms with E-state index in [9.17, 15) is 24.5 Å². The van der Waals surface area contributed by atoms with E-state index in [0.29, 0.717) is 31.9 Å². The van der Waals surface area contributed by atoms with Crippen LogP contribution in [0.2, 0.25) is 5.02 Å². The fourth-order valence-electron chi connectivity index (χ4n) is 5.07. The molecule has 2 aliphatic heterocycles. The molecule has 1 fully saturated rings. The van der Waals surface area contributed by atoms with Gasteiger partial charge in [-0.15, -0.1) is 0 Å². The number of nitrogens with one attached hydrogen (secondary N) is 1. The second kappa shape index (κ2) is 10.2. The van der Waals surface area contributed by atoms with E-state index in [2.05, 4.69) is 4.98 Å². The number of thiazole rings is 1. The highest BCUT2D eigenvalue weighted by Gasteiger charge is 2.57. The lowest BCUT2D eigenvalue weighted by molar-refractivity contribution is -0.385. The van der Waals surface area contributed by atoms with Crippen LogP contribution in [0, 0.1) is 23.0 Å². The molecule has 0 radical (unpaired) electrons. The number of fused-ring (bicyclic) bond motifs is 2. The molecule has 2 unspecified atom stereocenters. The largest absolute Gasteiger partial charge is 0.489 e. The van der Waals surface area contributed by atoms with Gasteiger partial charge in [0.25, 0.3) is 5.69 Å². The first-order chi connectivity index (χ1) is 19.2. The van der Waals surface area contributed by atoms with Crippen LogP contribution in [-0.4, -0.2) is 27.0 Å². The van der Waals surface area contributed by atoms with Crippen molar-refractivity contribution in [2.24, 2.45) is 5.92 Å². The van der Waals surface area contributed by atoms with Crippen molar-refractivity contribution in [2.45, 2.75) is 29.7 Å². The molecule has 2 amide bonds. The zero-order chi connectivity index (χ0) is 28.1. The molecule has 202 valence electrons. The third-order valence-corrected chi connectivity index (χ3v) is 9.62. The number of anilines is 1. The van der Waals surface area contributed by atoms with E-state index in [4.69, 9.17) is 16.3 Å². The third kappa shape index (κ3) is 4.59. The van der Waals surface area contributed by atoms with Crippen molar-refractivity contribution in [2.75, 3.05) is 4.90 Å². The number of H-pyrrole nitrogens is 1. The third-order valence-electron chi connectivity index (χ3n) is 6.96. The molecule has 1 aromatic heterocycles. The van der Waals surface area contributed by atoms with Gasteiger partial charge in [0, 0.05) is 33.5 Å². The van der Waals surface area contributed by atoms with Crippen LogP contribution in [0.5, 0.6) is 5.75 Å². The zero-order valence-electron chi connectivity index (χ0n) is 20.8. The number of aromatic nitrogens is 1. The SMILES string of the molecule is Cc1ccc(N2C(=O)C3Sc4[nH]c(=O)sc4[C@H](c4cc([N+](=O)[O-])ccc4OCc4ccc(Cl)cc4)C3C2=O)cc1. The number of non-ortho nitro benzene ring substituents is 1. The Bertz CT molecular complexity index is 1720. The van der Waals surface area contributed by atoms with Crippen molar-refractivity contribution in [3.05, 3.63) is 113 Å². The van der Waals surface area contributed by atoms with Crippen molar-refractivity contribution < 1.29 is 19.2 Å². The standard InChI is InChI=1S/C28H20ClN3O6S2/c1-14-2-8-17(9-3-14)31-26(33)22-21(23-25(30-28(35)40-23)39-24(22)27(31)34)19-12-18(32(36)37)10-11-20(19)38-13-15-4-6-16(29)7-5-15/h2-12,21-22,24H,13H2,1H3,(H,30,35)/t21-,22?,24?/m1/s1. The Balaban J connectivity index is 1.47. The van der Waals surface area contributed by atoms with Gasteiger partial charge in [-0.2, -0.15) is 0 Å². The Labute approximate surface area is 240 Å². The quantitative estimate of drug-likeness (QED) is 0.173. The molecule has 0 spiro atoms. The summed E-state index contributed by atoms with van der Waals surface area (Å²) in [5, 5.41) is 12.0. The molecule has 3 heterocycles. The predicted octanol–water partition coefficient (Wildman–Crippen LogP) is 5.68. The number of rotatable bonds is 6. The smallest absolute Gasteiger partial charge is 0.305 e. The first kappa shape index (κ1) is 26.3. The molecule has 12 heteroatoms. The first-order valence-electron chi connectivity index (χ1n) is 12.2. The summed E-state index contributed by atoms with van der Waals surface area (Å²) in [5.74, 6) is -2.24. The summed E-state index contributed by atoms with van der Waals surface area (Å²) < 4.78 is 6.14. The fourth-order valence-corrected chi connectivity index (χ4v) is 7.70. The molecule has 9 nitrogen and oxygen atoms in total. The number of ether oxygens (including phenoxy) is 1. The maximum Gasteiger partial charge on any atom is 0.305 e. The van der Waals surface area contributed by atoms with E-state index in [1.54, 1.807) is 36.4 Å². The summed E-state index contributed by atoms with van der Waals surface area (Å²) in [6, 6.07) is 18.3. The van der Waals surface area contributed by atoms with E-state index in [1.165, 1.54) is 23.1 Å². The highest BCUT2D eigenvalue weighted by Crippen LogP contribution is 2.55. The summed E-state index contributed by atoms with van der Waals surface area (Å²) in [7, 11) is 0. The molecule has 2 aliphatic rings. The molecule has 1 saturated heterocycles. The molecule has 3 aromatic carbocycles. The molecular formula is C28H20ClN3O6S2. The van der Waals surface area contributed by atoms with Gasteiger partial charge in [0.15, 0.2) is 0 Å². The molecule has 3 atom stereocenters. The molecule has 40 heavy (non-hydrogen) atoms. The molecule has 6 rings (SSSR count). The molecular weight excluding hydrogens is 574 g/mol. The number of amides is 2. The normalized spacial score (nSPS) is 19.9. The Morgan fingerprint density at radius 2 is 1.75 bits per heavy atom. The fraction of sp³-hybridized carbons (Fsp3) is 0.179.